The van der Waals surface area contributed by atoms with Gasteiger partial charge in [-0.1, -0.05) is 50.1 Å². The topological polar surface area (TPSA) is 67.2 Å². The number of amides is 2. The second-order valence-corrected chi connectivity index (χ2v) is 8.44. The highest BCUT2D eigenvalue weighted by atomic mass is 16.2. The van der Waals surface area contributed by atoms with E-state index in [0.29, 0.717) is 11.9 Å². The van der Waals surface area contributed by atoms with Gasteiger partial charge in [-0.15, -0.1) is 0 Å². The van der Waals surface area contributed by atoms with E-state index in [9.17, 15) is 9.59 Å². The lowest BCUT2D eigenvalue weighted by atomic mass is 9.85. The zero-order valence-corrected chi connectivity index (χ0v) is 17.1. The molecule has 0 radical (unpaired) electrons. The highest BCUT2D eigenvalue weighted by molar-refractivity contribution is 6.05. The van der Waals surface area contributed by atoms with E-state index in [-0.39, 0.29) is 24.3 Å². The molecule has 1 aromatic heterocycles. The first kappa shape index (κ1) is 18.9. The first-order valence-corrected chi connectivity index (χ1v) is 10.8. The smallest absolute Gasteiger partial charge is 0.253 e. The van der Waals surface area contributed by atoms with Crippen molar-refractivity contribution < 1.29 is 9.59 Å². The summed E-state index contributed by atoms with van der Waals surface area (Å²) in [5.41, 5.74) is 2.51. The number of fused-ring (bicyclic) bond motifs is 3. The summed E-state index contributed by atoms with van der Waals surface area (Å²) in [6.07, 6.45) is 4.53. The molecule has 2 heterocycles. The monoisotopic (exact) mass is 402 g/mol. The highest BCUT2D eigenvalue weighted by Crippen LogP contribution is 2.41. The van der Waals surface area contributed by atoms with Gasteiger partial charge >= 0.3 is 0 Å². The molecule has 0 spiro atoms. The van der Waals surface area contributed by atoms with E-state index in [1.807, 2.05) is 64.1 Å². The molecule has 0 bridgehead atoms. The van der Waals surface area contributed by atoms with Crippen molar-refractivity contribution in [2.24, 2.45) is 5.92 Å². The van der Waals surface area contributed by atoms with Gasteiger partial charge in [0.1, 0.15) is 6.04 Å². The molecular formula is C24H26N4O2. The molecule has 30 heavy (non-hydrogen) atoms. The van der Waals surface area contributed by atoms with Crippen LogP contribution in [0.15, 0.2) is 54.6 Å². The molecule has 3 aromatic rings. The average molecular weight is 402 g/mol. The molecule has 1 N–H and O–H groups in total. The van der Waals surface area contributed by atoms with Gasteiger partial charge in [0.2, 0.25) is 11.9 Å². The zero-order valence-electron chi connectivity index (χ0n) is 17.1. The molecule has 1 saturated carbocycles. The maximum absolute atomic E-state index is 13.6. The van der Waals surface area contributed by atoms with Gasteiger partial charge in [0.15, 0.2) is 0 Å². The molecule has 1 aliphatic carbocycles. The number of carbonyl (C=O) groups is 2. The number of aromatic nitrogens is 2. The second kappa shape index (κ2) is 7.59. The standard InChI is InChI=1S/C24H26N4O2/c1-16-9-5-7-13-19(16)28-23(30)21(15-22(29)25-17-10-3-2-4-11-17)27-20-14-8-6-12-18(20)26-24(27)28/h2-4,6,8,10-12,14,16,19,21H,5,7,9,13,15H2,1H3,(H,25,29)/t16-,19-,21+/m1/s1. The number of imidazole rings is 1. The van der Waals surface area contributed by atoms with Gasteiger partial charge in [-0.25, -0.2) is 4.98 Å². The third-order valence-electron chi connectivity index (χ3n) is 6.46. The number of nitrogens with one attached hydrogen (secondary N) is 1. The Kier molecular flexibility index (Phi) is 4.77. The van der Waals surface area contributed by atoms with E-state index >= 15 is 0 Å². The molecule has 0 saturated heterocycles. The number of para-hydroxylation sites is 3. The second-order valence-electron chi connectivity index (χ2n) is 8.44. The van der Waals surface area contributed by atoms with Crippen LogP contribution in [0.1, 0.15) is 45.1 Å². The van der Waals surface area contributed by atoms with E-state index in [0.717, 1.165) is 36.0 Å². The maximum Gasteiger partial charge on any atom is 0.253 e. The Morgan fingerprint density at radius 3 is 2.60 bits per heavy atom. The lowest BCUT2D eigenvalue weighted by Crippen LogP contribution is -2.44. The number of nitrogens with zero attached hydrogens (tertiary/aromatic N) is 3. The van der Waals surface area contributed by atoms with E-state index < -0.39 is 6.04 Å². The van der Waals surface area contributed by atoms with Gasteiger partial charge in [0.25, 0.3) is 5.91 Å². The fraction of sp³-hybridized carbons (Fsp3) is 0.375. The lowest BCUT2D eigenvalue weighted by Gasteiger charge is -2.35. The Balaban J connectivity index is 1.50. The zero-order chi connectivity index (χ0) is 20.7. The SMILES string of the molecule is C[C@@H]1CCCC[C@H]1N1C(=O)[C@H](CC(=O)Nc2ccccc2)n2c1nc1ccccc12. The van der Waals surface area contributed by atoms with Gasteiger partial charge in [0.05, 0.1) is 17.5 Å². The normalized spacial score (nSPS) is 23.6. The summed E-state index contributed by atoms with van der Waals surface area (Å²) in [5, 5.41) is 2.92. The van der Waals surface area contributed by atoms with Crippen LogP contribution in [0.4, 0.5) is 11.6 Å². The molecule has 0 unspecified atom stereocenters. The first-order chi connectivity index (χ1) is 14.6. The lowest BCUT2D eigenvalue weighted by molar-refractivity contribution is -0.125. The van der Waals surface area contributed by atoms with E-state index in [4.69, 9.17) is 4.98 Å². The van der Waals surface area contributed by atoms with Crippen LogP contribution in [0.3, 0.4) is 0 Å². The van der Waals surface area contributed by atoms with Gasteiger partial charge in [0, 0.05) is 11.7 Å². The van der Waals surface area contributed by atoms with Crippen molar-refractivity contribution in [2.45, 2.75) is 51.1 Å². The molecule has 2 aromatic carbocycles. The van der Waals surface area contributed by atoms with Crippen LogP contribution < -0.4 is 10.2 Å². The van der Waals surface area contributed by atoms with Gasteiger partial charge < -0.3 is 5.32 Å². The minimum absolute atomic E-state index is 0.00906. The van der Waals surface area contributed by atoms with Crippen molar-refractivity contribution in [2.75, 3.05) is 10.2 Å². The van der Waals surface area contributed by atoms with Gasteiger partial charge in [-0.05, 0) is 43.0 Å². The number of hydrogen-bond donors (Lipinski definition) is 1. The van der Waals surface area contributed by atoms with Crippen LogP contribution >= 0.6 is 0 Å². The Morgan fingerprint density at radius 1 is 1.07 bits per heavy atom. The highest BCUT2D eigenvalue weighted by Gasteiger charge is 2.45. The summed E-state index contributed by atoms with van der Waals surface area (Å²) >= 11 is 0. The van der Waals surface area contributed by atoms with Crippen molar-refractivity contribution in [3.63, 3.8) is 0 Å². The molecular weight excluding hydrogens is 376 g/mol. The minimum atomic E-state index is -0.565. The molecule has 1 fully saturated rings. The van der Waals surface area contributed by atoms with Crippen LogP contribution in [0, 0.1) is 5.92 Å². The number of rotatable bonds is 4. The Bertz CT molecular complexity index is 1090. The first-order valence-electron chi connectivity index (χ1n) is 10.8. The predicted octanol–water partition coefficient (Wildman–Crippen LogP) is 4.53. The van der Waals surface area contributed by atoms with E-state index in [2.05, 4.69) is 12.2 Å². The van der Waals surface area contributed by atoms with Crippen molar-refractivity contribution >= 4 is 34.5 Å². The molecule has 6 nitrogen and oxygen atoms in total. The van der Waals surface area contributed by atoms with Crippen LogP contribution in [-0.2, 0) is 9.59 Å². The van der Waals surface area contributed by atoms with Crippen molar-refractivity contribution in [1.29, 1.82) is 0 Å². The summed E-state index contributed by atoms with van der Waals surface area (Å²) in [4.78, 5) is 33.1. The summed E-state index contributed by atoms with van der Waals surface area (Å²) < 4.78 is 1.98. The Morgan fingerprint density at radius 2 is 1.80 bits per heavy atom. The molecule has 3 atom stereocenters. The van der Waals surface area contributed by atoms with Crippen LogP contribution in [0.2, 0.25) is 0 Å². The van der Waals surface area contributed by atoms with Crippen LogP contribution in [-0.4, -0.2) is 27.4 Å². The molecule has 2 amide bonds. The Labute approximate surface area is 175 Å². The van der Waals surface area contributed by atoms with Crippen molar-refractivity contribution in [3.8, 4) is 0 Å². The Hall–Kier alpha value is -3.15. The van der Waals surface area contributed by atoms with Gasteiger partial charge in [-0.3, -0.25) is 19.1 Å². The minimum Gasteiger partial charge on any atom is -0.326 e. The average Bonchev–Trinajstić information content (AvgIpc) is 3.24. The third kappa shape index (κ3) is 3.16. The molecule has 154 valence electrons. The van der Waals surface area contributed by atoms with E-state index in [1.165, 1.54) is 6.42 Å². The predicted molar refractivity (Wildman–Crippen MR) is 117 cm³/mol. The molecule has 2 aliphatic rings. The van der Waals surface area contributed by atoms with E-state index in [1.54, 1.807) is 0 Å². The summed E-state index contributed by atoms with van der Waals surface area (Å²) in [6, 6.07) is 16.8. The fourth-order valence-corrected chi connectivity index (χ4v) is 4.96. The molecule has 6 heteroatoms. The summed E-state index contributed by atoms with van der Waals surface area (Å²) in [7, 11) is 0. The van der Waals surface area contributed by atoms with Crippen molar-refractivity contribution in [1.82, 2.24) is 9.55 Å². The van der Waals surface area contributed by atoms with Gasteiger partial charge in [-0.2, -0.15) is 0 Å². The quantitative estimate of drug-likeness (QED) is 0.697. The molecule has 1 aliphatic heterocycles. The summed E-state index contributed by atoms with van der Waals surface area (Å²) in [6.45, 7) is 2.22. The van der Waals surface area contributed by atoms with Crippen LogP contribution in [0.5, 0.6) is 0 Å². The van der Waals surface area contributed by atoms with Crippen LogP contribution in [0.25, 0.3) is 11.0 Å². The largest absolute Gasteiger partial charge is 0.326 e. The maximum atomic E-state index is 13.6. The fourth-order valence-electron chi connectivity index (χ4n) is 4.96. The third-order valence-corrected chi connectivity index (χ3v) is 6.46. The van der Waals surface area contributed by atoms with Crippen molar-refractivity contribution in [3.05, 3.63) is 54.6 Å². The molecule has 5 rings (SSSR count). The number of hydrogen-bond acceptors (Lipinski definition) is 3. The number of carbonyl (C=O) groups excluding carboxylic acids is 2. The number of benzene rings is 2. The number of anilines is 2. The summed E-state index contributed by atoms with van der Waals surface area (Å²) in [5.74, 6) is 0.942.